The SMILES string of the molecule is CCCN(C)C(C)=NC(C)=NCCCCNC(=O)Nc1nc(C)cc(=O)[nH]1. The van der Waals surface area contributed by atoms with Crippen LogP contribution in [-0.2, 0) is 0 Å². The number of unbranched alkanes of at least 4 members (excludes halogenated alkanes) is 1. The van der Waals surface area contributed by atoms with Crippen LogP contribution in [0.2, 0.25) is 0 Å². The van der Waals surface area contributed by atoms with Crippen molar-refractivity contribution in [1.82, 2.24) is 20.2 Å². The maximum atomic E-state index is 11.8. The maximum Gasteiger partial charge on any atom is 0.321 e. The van der Waals surface area contributed by atoms with Crippen LogP contribution in [0.4, 0.5) is 10.7 Å². The van der Waals surface area contributed by atoms with E-state index < -0.39 is 6.03 Å². The van der Waals surface area contributed by atoms with Gasteiger partial charge in [0.1, 0.15) is 11.7 Å². The monoisotopic (exact) mass is 377 g/mol. The Morgan fingerprint density at radius 1 is 1.33 bits per heavy atom. The predicted molar refractivity (Wildman–Crippen MR) is 110 cm³/mol. The van der Waals surface area contributed by atoms with Crippen LogP contribution in [0.1, 0.15) is 45.7 Å². The molecule has 9 nitrogen and oxygen atoms in total. The van der Waals surface area contributed by atoms with E-state index in [1.165, 1.54) is 6.07 Å². The quantitative estimate of drug-likeness (QED) is 0.366. The molecule has 3 N–H and O–H groups in total. The second kappa shape index (κ2) is 11.8. The third-order valence-corrected chi connectivity index (χ3v) is 3.75. The van der Waals surface area contributed by atoms with Crippen LogP contribution < -0.4 is 16.2 Å². The molecule has 0 aliphatic heterocycles. The number of hydrogen-bond acceptors (Lipinski definition) is 4. The summed E-state index contributed by atoms with van der Waals surface area (Å²) in [6.45, 7) is 9.85. The number of anilines is 1. The van der Waals surface area contributed by atoms with Gasteiger partial charge in [0.05, 0.1) is 0 Å². The summed E-state index contributed by atoms with van der Waals surface area (Å²) in [6.07, 6.45) is 2.72. The van der Waals surface area contributed by atoms with Crippen molar-refractivity contribution in [3.05, 3.63) is 22.1 Å². The number of aliphatic imine (C=N–C) groups is 2. The summed E-state index contributed by atoms with van der Waals surface area (Å²) in [5, 5.41) is 5.23. The van der Waals surface area contributed by atoms with Crippen molar-refractivity contribution in [3.63, 3.8) is 0 Å². The van der Waals surface area contributed by atoms with E-state index in [2.05, 4.69) is 42.4 Å². The van der Waals surface area contributed by atoms with Crippen molar-refractivity contribution in [2.75, 3.05) is 32.0 Å². The molecule has 9 heteroatoms. The Bertz CT molecular complexity index is 725. The van der Waals surface area contributed by atoms with Crippen molar-refractivity contribution in [2.24, 2.45) is 9.98 Å². The Morgan fingerprint density at radius 3 is 2.74 bits per heavy atom. The van der Waals surface area contributed by atoms with E-state index in [0.29, 0.717) is 18.8 Å². The molecule has 27 heavy (non-hydrogen) atoms. The van der Waals surface area contributed by atoms with Crippen LogP contribution in [0, 0.1) is 6.92 Å². The lowest BCUT2D eigenvalue weighted by Gasteiger charge is -2.17. The van der Waals surface area contributed by atoms with Crippen LogP contribution in [0.25, 0.3) is 0 Å². The number of nitrogens with one attached hydrogen (secondary N) is 3. The minimum Gasteiger partial charge on any atom is -0.363 e. The number of aromatic nitrogens is 2. The predicted octanol–water partition coefficient (Wildman–Crippen LogP) is 2.16. The Morgan fingerprint density at radius 2 is 2.07 bits per heavy atom. The minimum atomic E-state index is -0.400. The Balaban J connectivity index is 2.27. The maximum absolute atomic E-state index is 11.8. The number of H-pyrrole nitrogens is 1. The first kappa shape index (κ1) is 22.3. The molecule has 0 fully saturated rings. The lowest BCUT2D eigenvalue weighted by Crippen LogP contribution is -2.31. The van der Waals surface area contributed by atoms with Gasteiger partial charge in [0.25, 0.3) is 5.56 Å². The Hall–Kier alpha value is -2.71. The van der Waals surface area contributed by atoms with Gasteiger partial charge in [0, 0.05) is 38.4 Å². The topological polar surface area (TPSA) is 115 Å². The van der Waals surface area contributed by atoms with Crippen LogP contribution in [0.3, 0.4) is 0 Å². The van der Waals surface area contributed by atoms with E-state index in [1.54, 1.807) is 6.92 Å². The molecule has 2 amide bonds. The summed E-state index contributed by atoms with van der Waals surface area (Å²) in [5.41, 5.74) is 0.242. The number of amides is 2. The smallest absolute Gasteiger partial charge is 0.321 e. The molecule has 0 radical (unpaired) electrons. The van der Waals surface area contributed by atoms with E-state index >= 15 is 0 Å². The number of urea groups is 1. The first-order valence-corrected chi connectivity index (χ1v) is 9.22. The highest BCUT2D eigenvalue weighted by Gasteiger charge is 2.04. The molecule has 0 aliphatic rings. The molecule has 1 heterocycles. The van der Waals surface area contributed by atoms with Crippen LogP contribution in [0.15, 0.2) is 20.8 Å². The molecule has 0 aromatic carbocycles. The zero-order valence-corrected chi connectivity index (χ0v) is 16.9. The standard InChI is InChI=1S/C18H31N7O2/c1-6-11-25(5)15(4)22-14(3)19-9-7-8-10-20-18(27)24-17-21-13(2)12-16(26)23-17/h12H,6-11H2,1-5H3,(H3,20,21,23,24,26,27). The molecule has 1 aromatic heterocycles. The van der Waals surface area contributed by atoms with E-state index in [0.717, 1.165) is 37.5 Å². The Labute approximate surface area is 160 Å². The zero-order chi connectivity index (χ0) is 20.2. The number of carbonyl (C=O) groups excluding carboxylic acids is 1. The van der Waals surface area contributed by atoms with Crippen LogP contribution in [-0.4, -0.2) is 59.3 Å². The van der Waals surface area contributed by atoms with Gasteiger partial charge in [-0.1, -0.05) is 6.92 Å². The summed E-state index contributed by atoms with van der Waals surface area (Å²) in [5.74, 6) is 1.86. The average Bonchev–Trinajstić information content (AvgIpc) is 2.57. The number of hydrogen-bond donors (Lipinski definition) is 3. The summed E-state index contributed by atoms with van der Waals surface area (Å²) in [4.78, 5) is 40.6. The fourth-order valence-electron chi connectivity index (χ4n) is 2.32. The summed E-state index contributed by atoms with van der Waals surface area (Å²) in [6, 6.07) is 0.960. The van der Waals surface area contributed by atoms with Crippen LogP contribution in [0.5, 0.6) is 0 Å². The van der Waals surface area contributed by atoms with Gasteiger partial charge in [-0.25, -0.2) is 14.8 Å². The van der Waals surface area contributed by atoms with Gasteiger partial charge in [-0.2, -0.15) is 0 Å². The highest BCUT2D eigenvalue weighted by Crippen LogP contribution is 1.96. The fraction of sp³-hybridized carbons (Fsp3) is 0.611. The van der Waals surface area contributed by atoms with E-state index in [1.807, 2.05) is 20.9 Å². The van der Waals surface area contributed by atoms with Crippen molar-refractivity contribution >= 4 is 23.7 Å². The molecule has 0 atom stereocenters. The Kier molecular flexibility index (Phi) is 9.78. The second-order valence-electron chi connectivity index (χ2n) is 6.33. The van der Waals surface area contributed by atoms with Gasteiger partial charge >= 0.3 is 6.03 Å². The zero-order valence-electron chi connectivity index (χ0n) is 16.9. The average molecular weight is 377 g/mol. The highest BCUT2D eigenvalue weighted by molar-refractivity contribution is 5.94. The van der Waals surface area contributed by atoms with Crippen LogP contribution >= 0.6 is 0 Å². The van der Waals surface area contributed by atoms with Gasteiger partial charge in [-0.05, 0) is 40.0 Å². The fourth-order valence-corrected chi connectivity index (χ4v) is 2.32. The lowest BCUT2D eigenvalue weighted by molar-refractivity contribution is 0.251. The minimum absolute atomic E-state index is 0.138. The van der Waals surface area contributed by atoms with Gasteiger partial charge in [-0.15, -0.1) is 0 Å². The molecule has 0 saturated carbocycles. The third-order valence-electron chi connectivity index (χ3n) is 3.75. The van der Waals surface area contributed by atoms with Crippen molar-refractivity contribution < 1.29 is 4.79 Å². The molecule has 150 valence electrons. The molecule has 0 unspecified atom stereocenters. The second-order valence-corrected chi connectivity index (χ2v) is 6.33. The van der Waals surface area contributed by atoms with Gasteiger partial charge in [-0.3, -0.25) is 20.1 Å². The number of carbonyl (C=O) groups is 1. The first-order chi connectivity index (χ1) is 12.8. The number of amidine groups is 2. The first-order valence-electron chi connectivity index (χ1n) is 9.22. The molecule has 0 spiro atoms. The molecular weight excluding hydrogens is 346 g/mol. The number of aryl methyl sites for hydroxylation is 1. The number of rotatable bonds is 8. The molecular formula is C18H31N7O2. The number of nitrogens with zero attached hydrogens (tertiary/aromatic N) is 4. The summed E-state index contributed by atoms with van der Waals surface area (Å²) < 4.78 is 0. The summed E-state index contributed by atoms with van der Waals surface area (Å²) >= 11 is 0. The molecule has 0 saturated heterocycles. The summed E-state index contributed by atoms with van der Waals surface area (Å²) in [7, 11) is 2.02. The lowest BCUT2D eigenvalue weighted by atomic mass is 10.3. The normalized spacial score (nSPS) is 12.0. The van der Waals surface area contributed by atoms with Crippen molar-refractivity contribution in [3.8, 4) is 0 Å². The molecule has 1 aromatic rings. The highest BCUT2D eigenvalue weighted by atomic mass is 16.2. The van der Waals surface area contributed by atoms with Crippen molar-refractivity contribution in [2.45, 2.75) is 47.0 Å². The molecule has 0 aliphatic carbocycles. The van der Waals surface area contributed by atoms with Gasteiger partial charge in [0.15, 0.2) is 0 Å². The van der Waals surface area contributed by atoms with Crippen molar-refractivity contribution in [1.29, 1.82) is 0 Å². The van der Waals surface area contributed by atoms with E-state index in [4.69, 9.17) is 0 Å². The van der Waals surface area contributed by atoms with E-state index in [9.17, 15) is 9.59 Å². The molecule has 0 bridgehead atoms. The van der Waals surface area contributed by atoms with Gasteiger partial charge < -0.3 is 10.2 Å². The number of aromatic amines is 1. The largest absolute Gasteiger partial charge is 0.363 e. The third kappa shape index (κ3) is 9.53. The van der Waals surface area contributed by atoms with E-state index in [-0.39, 0.29) is 11.5 Å². The van der Waals surface area contributed by atoms with Gasteiger partial charge in [0.2, 0.25) is 5.95 Å². The molecule has 1 rings (SSSR count).